The van der Waals surface area contributed by atoms with Crippen molar-refractivity contribution in [1.82, 2.24) is 0 Å². The summed E-state index contributed by atoms with van der Waals surface area (Å²) in [5, 5.41) is 0. The lowest BCUT2D eigenvalue weighted by atomic mass is 10.1. The lowest BCUT2D eigenvalue weighted by Crippen LogP contribution is -1.81. The van der Waals surface area contributed by atoms with Gasteiger partial charge in [-0.2, -0.15) is 0 Å². The summed E-state index contributed by atoms with van der Waals surface area (Å²) in [5.74, 6) is 7.07. The van der Waals surface area contributed by atoms with E-state index in [1.54, 1.807) is 0 Å². The molecule has 0 heteroatoms. The van der Waals surface area contributed by atoms with Crippen molar-refractivity contribution >= 4 is 0 Å². The van der Waals surface area contributed by atoms with Crippen LogP contribution in [0.4, 0.5) is 0 Å². The maximum atomic E-state index is 3.17. The molecule has 0 unspecified atom stereocenters. The van der Waals surface area contributed by atoms with Crippen molar-refractivity contribution in [3.05, 3.63) is 0 Å². The Hall–Kier alpha value is -0.440. The smallest absolute Gasteiger partial charge is 0.0112 e. The largest absolute Gasteiger partial charge is 0.103 e. The molecule has 0 saturated carbocycles. The summed E-state index contributed by atoms with van der Waals surface area (Å²) >= 11 is 0. The van der Waals surface area contributed by atoms with E-state index in [1.165, 1.54) is 12.8 Å². The van der Waals surface area contributed by atoms with E-state index in [2.05, 4.69) is 32.6 Å². The molecule has 0 amide bonds. The zero-order chi connectivity index (χ0) is 7.82. The fourth-order valence-electron chi connectivity index (χ4n) is 0.630. The zero-order valence-corrected chi connectivity index (χ0v) is 7.41. The van der Waals surface area contributed by atoms with Crippen molar-refractivity contribution in [3.8, 4) is 11.8 Å². The van der Waals surface area contributed by atoms with E-state index in [0.717, 1.165) is 18.8 Å². The molecule has 0 fully saturated rings. The second kappa shape index (κ2) is 6.68. The van der Waals surface area contributed by atoms with Crippen molar-refractivity contribution in [2.75, 3.05) is 0 Å². The van der Waals surface area contributed by atoms with Gasteiger partial charge in [-0.25, -0.2) is 0 Å². The standard InChI is InChI=1S/C10H18/c1-4-5-6-7-8-9-10(2)3/h10H,4-6,9H2,1-3H3. The monoisotopic (exact) mass is 138 g/mol. The van der Waals surface area contributed by atoms with Crippen LogP contribution < -0.4 is 0 Å². The van der Waals surface area contributed by atoms with Gasteiger partial charge >= 0.3 is 0 Å². The lowest BCUT2D eigenvalue weighted by Gasteiger charge is -1.92. The van der Waals surface area contributed by atoms with Gasteiger partial charge in [-0.15, -0.1) is 11.8 Å². The molecule has 0 nitrogen and oxygen atoms in total. The number of hydrogen-bond acceptors (Lipinski definition) is 0. The van der Waals surface area contributed by atoms with E-state index in [9.17, 15) is 0 Å². The molecule has 0 radical (unpaired) electrons. The Balaban J connectivity index is 3.14. The average Bonchev–Trinajstić information content (AvgIpc) is 1.87. The van der Waals surface area contributed by atoms with Crippen molar-refractivity contribution < 1.29 is 0 Å². The molecule has 0 bridgehead atoms. The van der Waals surface area contributed by atoms with Crippen molar-refractivity contribution in [2.45, 2.75) is 46.5 Å². The van der Waals surface area contributed by atoms with Gasteiger partial charge in [-0.1, -0.05) is 27.2 Å². The van der Waals surface area contributed by atoms with Gasteiger partial charge in [0.05, 0.1) is 0 Å². The summed E-state index contributed by atoms with van der Waals surface area (Å²) in [4.78, 5) is 0. The molecule has 0 N–H and O–H groups in total. The second-order valence-corrected chi connectivity index (χ2v) is 3.06. The van der Waals surface area contributed by atoms with Crippen LogP contribution in [0.2, 0.25) is 0 Å². The minimum absolute atomic E-state index is 0.731. The molecule has 58 valence electrons. The van der Waals surface area contributed by atoms with Gasteiger partial charge < -0.3 is 0 Å². The third kappa shape index (κ3) is 7.56. The molecule has 0 atom stereocenters. The summed E-state index contributed by atoms with van der Waals surface area (Å²) in [7, 11) is 0. The van der Waals surface area contributed by atoms with E-state index in [0.29, 0.717) is 0 Å². The van der Waals surface area contributed by atoms with Crippen LogP contribution in [0.1, 0.15) is 46.5 Å². The average molecular weight is 138 g/mol. The van der Waals surface area contributed by atoms with E-state index in [4.69, 9.17) is 0 Å². The third-order valence-electron chi connectivity index (χ3n) is 1.29. The maximum Gasteiger partial charge on any atom is 0.0112 e. The van der Waals surface area contributed by atoms with Gasteiger partial charge in [-0.3, -0.25) is 0 Å². The minimum atomic E-state index is 0.731. The normalized spacial score (nSPS) is 9.20. The van der Waals surface area contributed by atoms with Crippen LogP contribution >= 0.6 is 0 Å². The van der Waals surface area contributed by atoms with Gasteiger partial charge in [0.25, 0.3) is 0 Å². The summed E-state index contributed by atoms with van der Waals surface area (Å²) in [5.41, 5.74) is 0. The number of rotatable bonds is 3. The molecular formula is C10H18. The molecular weight excluding hydrogens is 120 g/mol. The highest BCUT2D eigenvalue weighted by Gasteiger charge is 1.85. The van der Waals surface area contributed by atoms with E-state index in [-0.39, 0.29) is 0 Å². The number of unbranched alkanes of at least 4 members (excludes halogenated alkanes) is 2. The molecule has 0 aromatic heterocycles. The summed E-state index contributed by atoms with van der Waals surface area (Å²) in [6.45, 7) is 6.60. The Labute approximate surface area is 65.0 Å². The van der Waals surface area contributed by atoms with Crippen LogP contribution in [0.3, 0.4) is 0 Å². The SMILES string of the molecule is CCCCC#CCC(C)C. The summed E-state index contributed by atoms with van der Waals surface area (Å²) < 4.78 is 0. The molecule has 0 heterocycles. The van der Waals surface area contributed by atoms with Crippen molar-refractivity contribution in [3.63, 3.8) is 0 Å². The van der Waals surface area contributed by atoms with Crippen LogP contribution in [-0.4, -0.2) is 0 Å². The molecule has 0 aromatic carbocycles. The fraction of sp³-hybridized carbons (Fsp3) is 0.800. The van der Waals surface area contributed by atoms with Crippen LogP contribution in [-0.2, 0) is 0 Å². The fourth-order valence-corrected chi connectivity index (χ4v) is 0.630. The van der Waals surface area contributed by atoms with Crippen molar-refractivity contribution in [1.29, 1.82) is 0 Å². The maximum absolute atomic E-state index is 3.17. The van der Waals surface area contributed by atoms with Gasteiger partial charge in [-0.05, 0) is 12.3 Å². The zero-order valence-electron chi connectivity index (χ0n) is 7.41. The molecule has 0 saturated heterocycles. The Morgan fingerprint density at radius 1 is 1.20 bits per heavy atom. The van der Waals surface area contributed by atoms with Gasteiger partial charge in [0.2, 0.25) is 0 Å². The first-order chi connectivity index (χ1) is 4.77. The molecule has 0 aliphatic rings. The highest BCUT2D eigenvalue weighted by molar-refractivity contribution is 4.98. The van der Waals surface area contributed by atoms with Crippen molar-refractivity contribution in [2.24, 2.45) is 5.92 Å². The topological polar surface area (TPSA) is 0 Å². The first-order valence-corrected chi connectivity index (χ1v) is 4.23. The molecule has 0 rings (SSSR count). The number of hydrogen-bond donors (Lipinski definition) is 0. The third-order valence-corrected chi connectivity index (χ3v) is 1.29. The van der Waals surface area contributed by atoms with Crippen LogP contribution in [0.15, 0.2) is 0 Å². The van der Waals surface area contributed by atoms with Gasteiger partial charge in [0.15, 0.2) is 0 Å². The predicted molar refractivity (Wildman–Crippen MR) is 46.8 cm³/mol. The Morgan fingerprint density at radius 3 is 2.40 bits per heavy atom. The lowest BCUT2D eigenvalue weighted by molar-refractivity contribution is 0.675. The Morgan fingerprint density at radius 2 is 1.90 bits per heavy atom. The highest BCUT2D eigenvalue weighted by atomic mass is 13.9. The first-order valence-electron chi connectivity index (χ1n) is 4.23. The van der Waals surface area contributed by atoms with E-state index < -0.39 is 0 Å². The predicted octanol–water partition coefficient (Wildman–Crippen LogP) is 3.23. The second-order valence-electron chi connectivity index (χ2n) is 3.06. The van der Waals surface area contributed by atoms with Crippen LogP contribution in [0.5, 0.6) is 0 Å². The van der Waals surface area contributed by atoms with Crippen LogP contribution in [0, 0.1) is 17.8 Å². The summed E-state index contributed by atoms with van der Waals surface area (Å²) in [6, 6.07) is 0. The molecule has 10 heavy (non-hydrogen) atoms. The Bertz CT molecular complexity index is 112. The minimum Gasteiger partial charge on any atom is -0.103 e. The highest BCUT2D eigenvalue weighted by Crippen LogP contribution is 1.97. The molecule has 0 spiro atoms. The quantitative estimate of drug-likeness (QED) is 0.415. The van der Waals surface area contributed by atoms with E-state index in [1.807, 2.05) is 0 Å². The molecule has 0 aliphatic heterocycles. The van der Waals surface area contributed by atoms with Gasteiger partial charge in [0, 0.05) is 12.8 Å². The van der Waals surface area contributed by atoms with E-state index >= 15 is 0 Å². The van der Waals surface area contributed by atoms with Gasteiger partial charge in [0.1, 0.15) is 0 Å². The first kappa shape index (κ1) is 9.56. The Kier molecular flexibility index (Phi) is 6.38. The summed E-state index contributed by atoms with van der Waals surface area (Å²) in [6.07, 6.45) is 4.66. The molecule has 0 aromatic rings. The van der Waals surface area contributed by atoms with Crippen LogP contribution in [0.25, 0.3) is 0 Å². The molecule has 0 aliphatic carbocycles.